The molecule has 0 aromatic rings. The van der Waals surface area contributed by atoms with Crippen LogP contribution in [0.1, 0.15) is 64.2 Å². The van der Waals surface area contributed by atoms with Gasteiger partial charge in [0.2, 0.25) is 0 Å². The Balaban J connectivity index is 1.88. The first kappa shape index (κ1) is 11.9. The van der Waals surface area contributed by atoms with Crippen LogP contribution in [0.3, 0.4) is 0 Å². The first-order chi connectivity index (χ1) is 7.79. The molecule has 0 atom stereocenters. The van der Waals surface area contributed by atoms with Crippen LogP contribution in [0.2, 0.25) is 0 Å². The largest absolute Gasteiger partial charge is 0.360 e. The van der Waals surface area contributed by atoms with Crippen molar-refractivity contribution in [3.8, 4) is 0 Å². The summed E-state index contributed by atoms with van der Waals surface area (Å²) < 4.78 is 0. The summed E-state index contributed by atoms with van der Waals surface area (Å²) in [6.45, 7) is 0. The summed E-state index contributed by atoms with van der Waals surface area (Å²) in [6, 6.07) is 0.663. The summed E-state index contributed by atoms with van der Waals surface area (Å²) in [5.41, 5.74) is 0. The molecule has 2 aliphatic rings. The van der Waals surface area contributed by atoms with Gasteiger partial charge in [0, 0.05) is 19.0 Å². The second-order valence-corrected chi connectivity index (χ2v) is 5.62. The molecule has 16 heavy (non-hydrogen) atoms. The van der Waals surface area contributed by atoms with Gasteiger partial charge in [-0.25, -0.2) is 0 Å². The molecule has 2 heteroatoms. The highest BCUT2D eigenvalue weighted by Gasteiger charge is 2.26. The van der Waals surface area contributed by atoms with Crippen LogP contribution < -0.4 is 0 Å². The SMILES string of the molecule is CN(C(=N)C1CCCC1)C1CCCCCC1. The third-order valence-corrected chi connectivity index (χ3v) is 4.49. The van der Waals surface area contributed by atoms with E-state index in [4.69, 9.17) is 5.41 Å². The summed E-state index contributed by atoms with van der Waals surface area (Å²) in [6.07, 6.45) is 13.4. The zero-order valence-electron chi connectivity index (χ0n) is 10.7. The topological polar surface area (TPSA) is 27.1 Å². The van der Waals surface area contributed by atoms with Crippen LogP contribution in [0, 0.1) is 11.3 Å². The average Bonchev–Trinajstić information content (AvgIpc) is 2.70. The Morgan fingerprint density at radius 1 is 0.875 bits per heavy atom. The van der Waals surface area contributed by atoms with Gasteiger partial charge >= 0.3 is 0 Å². The van der Waals surface area contributed by atoms with E-state index in [0.717, 1.165) is 5.84 Å². The van der Waals surface area contributed by atoms with E-state index in [1.807, 2.05) is 0 Å². The Morgan fingerprint density at radius 2 is 1.38 bits per heavy atom. The fourth-order valence-corrected chi connectivity index (χ4v) is 3.33. The number of nitrogens with one attached hydrogen (secondary N) is 1. The van der Waals surface area contributed by atoms with E-state index in [1.165, 1.54) is 64.2 Å². The van der Waals surface area contributed by atoms with Crippen LogP contribution in [0.4, 0.5) is 0 Å². The second-order valence-electron chi connectivity index (χ2n) is 5.62. The molecular formula is C14H26N2. The van der Waals surface area contributed by atoms with Crippen molar-refractivity contribution >= 4 is 5.84 Å². The van der Waals surface area contributed by atoms with Crippen molar-refractivity contribution < 1.29 is 0 Å². The van der Waals surface area contributed by atoms with Crippen LogP contribution in [0.5, 0.6) is 0 Å². The summed E-state index contributed by atoms with van der Waals surface area (Å²) in [5.74, 6) is 1.51. The molecule has 0 spiro atoms. The minimum atomic E-state index is 0.577. The number of hydrogen-bond donors (Lipinski definition) is 1. The zero-order chi connectivity index (χ0) is 11.4. The van der Waals surface area contributed by atoms with Gasteiger partial charge < -0.3 is 4.90 Å². The van der Waals surface area contributed by atoms with E-state index in [1.54, 1.807) is 0 Å². The van der Waals surface area contributed by atoms with Gasteiger partial charge in [0.05, 0.1) is 5.84 Å². The molecule has 2 nitrogen and oxygen atoms in total. The molecule has 0 aliphatic heterocycles. The molecule has 0 unspecified atom stereocenters. The standard InChI is InChI=1S/C14H26N2/c1-16(13-10-4-2-3-5-11-13)14(15)12-8-6-7-9-12/h12-13,15H,2-11H2,1H3. The first-order valence-corrected chi connectivity index (χ1v) is 7.10. The molecule has 0 saturated heterocycles. The third kappa shape index (κ3) is 2.78. The lowest BCUT2D eigenvalue weighted by Crippen LogP contribution is -2.39. The van der Waals surface area contributed by atoms with Crippen LogP contribution in [0.15, 0.2) is 0 Å². The van der Waals surface area contributed by atoms with Crippen molar-refractivity contribution in [1.82, 2.24) is 4.90 Å². The van der Waals surface area contributed by atoms with Gasteiger partial charge in [-0.05, 0) is 25.7 Å². The molecule has 0 bridgehead atoms. The Kier molecular flexibility index (Phi) is 4.25. The van der Waals surface area contributed by atoms with Crippen molar-refractivity contribution in [2.75, 3.05) is 7.05 Å². The van der Waals surface area contributed by atoms with Crippen molar-refractivity contribution in [1.29, 1.82) is 5.41 Å². The van der Waals surface area contributed by atoms with Crippen molar-refractivity contribution in [2.45, 2.75) is 70.3 Å². The molecule has 2 fully saturated rings. The normalized spacial score (nSPS) is 24.3. The minimum absolute atomic E-state index is 0.577. The number of hydrogen-bond acceptors (Lipinski definition) is 1. The number of nitrogens with zero attached hydrogens (tertiary/aromatic N) is 1. The maximum absolute atomic E-state index is 8.33. The average molecular weight is 222 g/mol. The lowest BCUT2D eigenvalue weighted by molar-refractivity contribution is 0.313. The smallest absolute Gasteiger partial charge is 0.0989 e. The minimum Gasteiger partial charge on any atom is -0.360 e. The molecule has 2 aliphatic carbocycles. The van der Waals surface area contributed by atoms with Gasteiger partial charge in [0.1, 0.15) is 0 Å². The third-order valence-electron chi connectivity index (χ3n) is 4.49. The highest BCUT2D eigenvalue weighted by molar-refractivity contribution is 5.81. The molecule has 1 N–H and O–H groups in total. The number of amidine groups is 1. The molecule has 0 heterocycles. The monoisotopic (exact) mass is 222 g/mol. The van der Waals surface area contributed by atoms with Crippen molar-refractivity contribution in [3.05, 3.63) is 0 Å². The molecule has 92 valence electrons. The van der Waals surface area contributed by atoms with Crippen LogP contribution >= 0.6 is 0 Å². The zero-order valence-corrected chi connectivity index (χ0v) is 10.7. The highest BCUT2D eigenvalue weighted by atomic mass is 15.2. The van der Waals surface area contributed by atoms with Gasteiger partial charge in [-0.15, -0.1) is 0 Å². The van der Waals surface area contributed by atoms with E-state index in [9.17, 15) is 0 Å². The first-order valence-electron chi connectivity index (χ1n) is 7.10. The molecule has 0 amide bonds. The predicted octanol–water partition coefficient (Wildman–Crippen LogP) is 3.81. The molecular weight excluding hydrogens is 196 g/mol. The number of rotatable bonds is 2. The summed E-state index contributed by atoms with van der Waals surface area (Å²) in [7, 11) is 2.16. The molecule has 0 aromatic carbocycles. The van der Waals surface area contributed by atoms with Gasteiger partial charge in [-0.2, -0.15) is 0 Å². The fourth-order valence-electron chi connectivity index (χ4n) is 3.33. The van der Waals surface area contributed by atoms with E-state index < -0.39 is 0 Å². The second kappa shape index (κ2) is 5.70. The maximum Gasteiger partial charge on any atom is 0.0989 e. The van der Waals surface area contributed by atoms with E-state index >= 15 is 0 Å². The Bertz CT molecular complexity index is 223. The van der Waals surface area contributed by atoms with Gasteiger partial charge in [-0.3, -0.25) is 5.41 Å². The molecule has 0 aromatic heterocycles. The van der Waals surface area contributed by atoms with Crippen molar-refractivity contribution in [3.63, 3.8) is 0 Å². The fraction of sp³-hybridized carbons (Fsp3) is 0.929. The quantitative estimate of drug-likeness (QED) is 0.429. The Morgan fingerprint density at radius 3 is 1.94 bits per heavy atom. The van der Waals surface area contributed by atoms with E-state index in [-0.39, 0.29) is 0 Å². The van der Waals surface area contributed by atoms with Crippen LogP contribution in [-0.2, 0) is 0 Å². The van der Waals surface area contributed by atoms with E-state index in [0.29, 0.717) is 12.0 Å². The van der Waals surface area contributed by atoms with Crippen molar-refractivity contribution in [2.24, 2.45) is 5.92 Å². The van der Waals surface area contributed by atoms with Gasteiger partial charge in [0.25, 0.3) is 0 Å². The lowest BCUT2D eigenvalue weighted by atomic mass is 10.0. The predicted molar refractivity (Wildman–Crippen MR) is 68.9 cm³/mol. The van der Waals surface area contributed by atoms with Gasteiger partial charge in [-0.1, -0.05) is 38.5 Å². The van der Waals surface area contributed by atoms with Crippen LogP contribution in [-0.4, -0.2) is 23.8 Å². The lowest BCUT2D eigenvalue weighted by Gasteiger charge is -2.32. The Labute approximate surface area is 99.9 Å². The molecule has 2 saturated carbocycles. The summed E-state index contributed by atoms with van der Waals surface area (Å²) in [5, 5.41) is 8.33. The summed E-state index contributed by atoms with van der Waals surface area (Å²) in [4.78, 5) is 2.31. The molecule has 2 rings (SSSR count). The maximum atomic E-state index is 8.33. The Hall–Kier alpha value is -0.530. The van der Waals surface area contributed by atoms with Gasteiger partial charge in [0.15, 0.2) is 0 Å². The summed E-state index contributed by atoms with van der Waals surface area (Å²) >= 11 is 0. The van der Waals surface area contributed by atoms with Crippen LogP contribution in [0.25, 0.3) is 0 Å². The van der Waals surface area contributed by atoms with E-state index in [2.05, 4.69) is 11.9 Å². The highest BCUT2D eigenvalue weighted by Crippen LogP contribution is 2.29. The molecule has 0 radical (unpaired) electrons.